The number of nitrogens with zero attached hydrogens (tertiary/aromatic N) is 3. The average molecular weight is 418 g/mol. The molecule has 1 atom stereocenters. The van der Waals surface area contributed by atoms with E-state index in [-0.39, 0.29) is 42.3 Å². The van der Waals surface area contributed by atoms with E-state index < -0.39 is 0 Å². The van der Waals surface area contributed by atoms with Crippen LogP contribution in [0.2, 0.25) is 0 Å². The van der Waals surface area contributed by atoms with Crippen molar-refractivity contribution in [3.8, 4) is 0 Å². The molecular weight excluding hydrogens is 389 g/mol. The lowest BCUT2D eigenvalue weighted by Crippen LogP contribution is -2.47. The fourth-order valence-corrected chi connectivity index (χ4v) is 3.97. The van der Waals surface area contributed by atoms with Gasteiger partial charge < -0.3 is 10.6 Å². The zero-order valence-corrected chi connectivity index (χ0v) is 17.7. The van der Waals surface area contributed by atoms with Gasteiger partial charge in [-0.25, -0.2) is 4.98 Å². The second-order valence-electron chi connectivity index (χ2n) is 6.97. The zero-order chi connectivity index (χ0) is 18.1. The van der Waals surface area contributed by atoms with Gasteiger partial charge in [-0.15, -0.1) is 24.8 Å². The number of likely N-dealkylation sites (tertiary alicyclic amines) is 1. The number of amides is 1. The first-order chi connectivity index (χ1) is 11.9. The fraction of sp³-hybridized carbons (Fsp3) is 0.611. The molecule has 0 saturated carbocycles. The van der Waals surface area contributed by atoms with E-state index in [4.69, 9.17) is 5.73 Å². The molecule has 1 aliphatic rings. The van der Waals surface area contributed by atoms with E-state index in [0.29, 0.717) is 30.4 Å². The minimum absolute atomic E-state index is 0. The number of carbonyl (C=O) groups is 1. The molecule has 2 aromatic heterocycles. The highest BCUT2D eigenvalue weighted by molar-refractivity contribution is 5.85. The number of hydrogen-bond acceptors (Lipinski definition) is 4. The Kier molecular flexibility index (Phi) is 8.32. The van der Waals surface area contributed by atoms with Crippen molar-refractivity contribution in [3.63, 3.8) is 0 Å². The van der Waals surface area contributed by atoms with Gasteiger partial charge >= 0.3 is 0 Å². The Morgan fingerprint density at radius 1 is 1.30 bits per heavy atom. The third kappa shape index (κ3) is 4.47. The molecule has 3 heterocycles. The van der Waals surface area contributed by atoms with Crippen LogP contribution in [0.15, 0.2) is 4.79 Å². The lowest BCUT2D eigenvalue weighted by atomic mass is 9.98. The predicted octanol–water partition coefficient (Wildman–Crippen LogP) is 1.99. The molecular formula is C18H29Cl2N5O2. The standard InChI is InChI=1S/C18H27N5O2.2ClH/c1-11-14(12(2)20-17-16(11)18(25)21-22(17)3)7-8-15(24)23-9-5-4-6-13(23)10-19;;/h13H,4-10,19H2,1-3H3,(H,21,25);2*1H. The summed E-state index contributed by atoms with van der Waals surface area (Å²) >= 11 is 0. The molecule has 152 valence electrons. The molecule has 1 amide bonds. The first-order valence-corrected chi connectivity index (χ1v) is 8.98. The third-order valence-electron chi connectivity index (χ3n) is 5.38. The molecule has 2 aromatic rings. The second-order valence-corrected chi connectivity index (χ2v) is 6.97. The SMILES string of the molecule is Cc1nc2c(c(C)c1CCC(=O)N1CCCCC1CN)c(=O)[nH]n2C.Cl.Cl. The van der Waals surface area contributed by atoms with Crippen LogP contribution in [0.25, 0.3) is 11.0 Å². The summed E-state index contributed by atoms with van der Waals surface area (Å²) in [6.07, 6.45) is 4.21. The van der Waals surface area contributed by atoms with Crippen LogP contribution in [0.4, 0.5) is 0 Å². The Morgan fingerprint density at radius 3 is 2.67 bits per heavy atom. The molecule has 0 radical (unpaired) electrons. The quantitative estimate of drug-likeness (QED) is 0.794. The number of nitrogens with two attached hydrogens (primary N) is 1. The molecule has 0 aromatic carbocycles. The number of halogens is 2. The molecule has 1 aliphatic heterocycles. The topological polar surface area (TPSA) is 97.0 Å². The van der Waals surface area contributed by atoms with E-state index in [9.17, 15) is 9.59 Å². The van der Waals surface area contributed by atoms with Crippen molar-refractivity contribution in [1.29, 1.82) is 0 Å². The first-order valence-electron chi connectivity index (χ1n) is 8.98. The van der Waals surface area contributed by atoms with Crippen LogP contribution in [0.1, 0.15) is 42.5 Å². The number of fused-ring (bicyclic) bond motifs is 1. The summed E-state index contributed by atoms with van der Waals surface area (Å²) in [7, 11) is 1.78. The maximum atomic E-state index is 12.7. The van der Waals surface area contributed by atoms with Gasteiger partial charge in [0.25, 0.3) is 5.56 Å². The van der Waals surface area contributed by atoms with E-state index in [1.807, 2.05) is 18.7 Å². The molecule has 0 spiro atoms. The van der Waals surface area contributed by atoms with Gasteiger partial charge in [-0.1, -0.05) is 0 Å². The number of pyridine rings is 1. The normalized spacial score (nSPS) is 16.7. The van der Waals surface area contributed by atoms with Crippen LogP contribution in [0, 0.1) is 13.8 Å². The van der Waals surface area contributed by atoms with Gasteiger partial charge in [0.2, 0.25) is 5.91 Å². The Morgan fingerprint density at radius 2 is 2.00 bits per heavy atom. The number of aryl methyl sites for hydroxylation is 3. The van der Waals surface area contributed by atoms with Crippen LogP contribution in [-0.4, -0.2) is 44.7 Å². The van der Waals surface area contributed by atoms with Crippen molar-refractivity contribution in [2.45, 2.75) is 52.0 Å². The summed E-state index contributed by atoms with van der Waals surface area (Å²) < 4.78 is 1.65. The van der Waals surface area contributed by atoms with E-state index in [1.165, 1.54) is 0 Å². The van der Waals surface area contributed by atoms with Gasteiger partial charge in [0.1, 0.15) is 0 Å². The van der Waals surface area contributed by atoms with Crippen molar-refractivity contribution < 1.29 is 4.79 Å². The highest BCUT2D eigenvalue weighted by atomic mass is 35.5. The predicted molar refractivity (Wildman–Crippen MR) is 112 cm³/mol. The van der Waals surface area contributed by atoms with E-state index in [2.05, 4.69) is 10.1 Å². The van der Waals surface area contributed by atoms with Crippen LogP contribution in [0.3, 0.4) is 0 Å². The van der Waals surface area contributed by atoms with Crippen LogP contribution >= 0.6 is 24.8 Å². The Labute approximate surface area is 171 Å². The minimum atomic E-state index is -0.130. The minimum Gasteiger partial charge on any atom is -0.338 e. The van der Waals surface area contributed by atoms with Gasteiger partial charge in [-0.05, 0) is 50.7 Å². The van der Waals surface area contributed by atoms with Gasteiger partial charge in [0.05, 0.1) is 5.39 Å². The summed E-state index contributed by atoms with van der Waals surface area (Å²) in [6.45, 7) is 5.20. The number of aromatic amines is 1. The third-order valence-corrected chi connectivity index (χ3v) is 5.38. The van der Waals surface area contributed by atoms with Crippen LogP contribution in [0.5, 0.6) is 0 Å². The van der Waals surface area contributed by atoms with Gasteiger partial charge in [-0.3, -0.25) is 19.4 Å². The lowest BCUT2D eigenvalue weighted by Gasteiger charge is -2.35. The summed E-state index contributed by atoms with van der Waals surface area (Å²) in [4.78, 5) is 31.3. The fourth-order valence-electron chi connectivity index (χ4n) is 3.97. The first kappa shape index (κ1) is 23.5. The van der Waals surface area contributed by atoms with Crippen molar-refractivity contribution in [2.75, 3.05) is 13.1 Å². The highest BCUT2D eigenvalue weighted by Crippen LogP contribution is 2.22. The van der Waals surface area contributed by atoms with E-state index in [0.717, 1.165) is 42.6 Å². The van der Waals surface area contributed by atoms with E-state index >= 15 is 0 Å². The number of piperidine rings is 1. The summed E-state index contributed by atoms with van der Waals surface area (Å²) in [5, 5.41) is 3.37. The summed E-state index contributed by atoms with van der Waals surface area (Å²) in [5.74, 6) is 0.149. The van der Waals surface area contributed by atoms with Gasteiger partial charge in [0.15, 0.2) is 5.65 Å². The highest BCUT2D eigenvalue weighted by Gasteiger charge is 2.25. The molecule has 1 saturated heterocycles. The smallest absolute Gasteiger partial charge is 0.273 e. The molecule has 0 aliphatic carbocycles. The monoisotopic (exact) mass is 417 g/mol. The largest absolute Gasteiger partial charge is 0.338 e. The average Bonchev–Trinajstić information content (AvgIpc) is 2.88. The Bertz CT molecular complexity index is 862. The number of H-pyrrole nitrogens is 1. The Balaban J connectivity index is 0.00000182. The molecule has 27 heavy (non-hydrogen) atoms. The number of nitrogens with one attached hydrogen (secondary N) is 1. The van der Waals surface area contributed by atoms with Crippen LogP contribution in [-0.2, 0) is 18.3 Å². The number of carbonyl (C=O) groups excluding carboxylic acids is 1. The number of rotatable bonds is 4. The zero-order valence-electron chi connectivity index (χ0n) is 16.1. The molecule has 1 fully saturated rings. The molecule has 3 N–H and O–H groups in total. The molecule has 7 nitrogen and oxygen atoms in total. The summed E-state index contributed by atoms with van der Waals surface area (Å²) in [5.41, 5.74) is 9.15. The molecule has 1 unspecified atom stereocenters. The van der Waals surface area contributed by atoms with Gasteiger partial charge in [0, 0.05) is 38.3 Å². The maximum Gasteiger partial charge on any atom is 0.273 e. The van der Waals surface area contributed by atoms with Gasteiger partial charge in [-0.2, -0.15) is 0 Å². The second kappa shape index (κ2) is 9.57. The van der Waals surface area contributed by atoms with E-state index in [1.54, 1.807) is 11.7 Å². The van der Waals surface area contributed by atoms with Crippen molar-refractivity contribution in [3.05, 3.63) is 27.2 Å². The summed E-state index contributed by atoms with van der Waals surface area (Å²) in [6, 6.07) is 0.168. The maximum absolute atomic E-state index is 12.7. The van der Waals surface area contributed by atoms with Crippen LogP contribution < -0.4 is 11.3 Å². The van der Waals surface area contributed by atoms with Crippen molar-refractivity contribution in [2.24, 2.45) is 12.8 Å². The molecule has 3 rings (SSSR count). The Hall–Kier alpha value is -1.57. The lowest BCUT2D eigenvalue weighted by molar-refractivity contribution is -0.134. The molecule has 9 heteroatoms. The molecule has 0 bridgehead atoms. The number of aromatic nitrogens is 3. The number of hydrogen-bond donors (Lipinski definition) is 2. The van der Waals surface area contributed by atoms with Crippen molar-refractivity contribution in [1.82, 2.24) is 19.7 Å². The van der Waals surface area contributed by atoms with Crippen molar-refractivity contribution >= 4 is 41.8 Å².